The Morgan fingerprint density at radius 2 is 2.00 bits per heavy atom. The highest BCUT2D eigenvalue weighted by Gasteiger charge is 2.31. The van der Waals surface area contributed by atoms with Gasteiger partial charge in [-0.1, -0.05) is 33.6 Å². The van der Waals surface area contributed by atoms with E-state index in [1.807, 2.05) is 13.8 Å². The molecular formula is C13H26N2O. The molecule has 2 unspecified atom stereocenters. The van der Waals surface area contributed by atoms with Crippen LogP contribution in [0.15, 0.2) is 0 Å². The molecule has 3 N–H and O–H groups in total. The summed E-state index contributed by atoms with van der Waals surface area (Å²) in [5, 5.41) is 3.03. The maximum absolute atomic E-state index is 12.0. The van der Waals surface area contributed by atoms with Gasteiger partial charge < -0.3 is 11.1 Å². The van der Waals surface area contributed by atoms with Crippen LogP contribution in [0.4, 0.5) is 0 Å². The van der Waals surface area contributed by atoms with E-state index in [9.17, 15) is 4.79 Å². The maximum Gasteiger partial charge on any atom is 0.240 e. The first-order chi connectivity index (χ1) is 7.53. The third-order valence-electron chi connectivity index (χ3n) is 4.28. The minimum Gasteiger partial charge on any atom is -0.354 e. The van der Waals surface area contributed by atoms with E-state index in [0.717, 1.165) is 12.5 Å². The van der Waals surface area contributed by atoms with Crippen LogP contribution in [0.5, 0.6) is 0 Å². The second kappa shape index (κ2) is 5.67. The van der Waals surface area contributed by atoms with Crippen molar-refractivity contribution in [1.29, 1.82) is 0 Å². The topological polar surface area (TPSA) is 55.1 Å². The highest BCUT2D eigenvalue weighted by Crippen LogP contribution is 2.30. The number of carbonyl (C=O) groups is 1. The van der Waals surface area contributed by atoms with Gasteiger partial charge in [0.1, 0.15) is 0 Å². The van der Waals surface area contributed by atoms with E-state index in [1.165, 1.54) is 19.3 Å². The van der Waals surface area contributed by atoms with Gasteiger partial charge in [-0.25, -0.2) is 0 Å². The van der Waals surface area contributed by atoms with Gasteiger partial charge in [-0.2, -0.15) is 0 Å². The Bertz CT molecular complexity index is 236. The SMILES string of the molecule is CCC(N)(CC)C(=O)NCC1CCCC1C. The summed E-state index contributed by atoms with van der Waals surface area (Å²) in [6, 6.07) is 0. The molecule has 3 nitrogen and oxygen atoms in total. The first-order valence-electron chi connectivity index (χ1n) is 6.60. The molecule has 0 radical (unpaired) electrons. The van der Waals surface area contributed by atoms with Gasteiger partial charge in [0, 0.05) is 6.54 Å². The quantitative estimate of drug-likeness (QED) is 0.754. The third-order valence-corrected chi connectivity index (χ3v) is 4.28. The van der Waals surface area contributed by atoms with Crippen LogP contribution in [0.1, 0.15) is 52.9 Å². The van der Waals surface area contributed by atoms with E-state index in [4.69, 9.17) is 5.73 Å². The molecule has 94 valence electrons. The van der Waals surface area contributed by atoms with Crippen molar-refractivity contribution in [2.45, 2.75) is 58.4 Å². The molecule has 1 saturated carbocycles. The van der Waals surface area contributed by atoms with Crippen molar-refractivity contribution in [2.75, 3.05) is 6.54 Å². The van der Waals surface area contributed by atoms with Crippen LogP contribution < -0.4 is 11.1 Å². The molecule has 2 atom stereocenters. The Hall–Kier alpha value is -0.570. The monoisotopic (exact) mass is 226 g/mol. The normalized spacial score (nSPS) is 25.8. The zero-order chi connectivity index (χ0) is 12.2. The molecule has 0 aliphatic heterocycles. The van der Waals surface area contributed by atoms with Gasteiger partial charge in [0.15, 0.2) is 0 Å². The Morgan fingerprint density at radius 1 is 1.38 bits per heavy atom. The highest BCUT2D eigenvalue weighted by atomic mass is 16.2. The molecule has 1 amide bonds. The summed E-state index contributed by atoms with van der Waals surface area (Å²) >= 11 is 0. The molecule has 0 spiro atoms. The van der Waals surface area contributed by atoms with Crippen molar-refractivity contribution in [1.82, 2.24) is 5.32 Å². The molecule has 0 heterocycles. The van der Waals surface area contributed by atoms with Crippen molar-refractivity contribution in [3.63, 3.8) is 0 Å². The van der Waals surface area contributed by atoms with Gasteiger partial charge in [-0.05, 0) is 31.1 Å². The Balaban J connectivity index is 2.40. The first-order valence-corrected chi connectivity index (χ1v) is 6.60. The number of rotatable bonds is 5. The highest BCUT2D eigenvalue weighted by molar-refractivity contribution is 5.85. The summed E-state index contributed by atoms with van der Waals surface area (Å²) in [5.74, 6) is 1.43. The molecule has 0 aromatic carbocycles. The minimum absolute atomic E-state index is 0.0246. The van der Waals surface area contributed by atoms with Gasteiger partial charge >= 0.3 is 0 Å². The second-order valence-corrected chi connectivity index (χ2v) is 5.24. The number of hydrogen-bond acceptors (Lipinski definition) is 2. The Labute approximate surface area is 99.2 Å². The number of nitrogens with two attached hydrogens (primary N) is 1. The summed E-state index contributed by atoms with van der Waals surface area (Å²) in [5.41, 5.74) is 5.38. The average molecular weight is 226 g/mol. The molecule has 1 fully saturated rings. The molecule has 16 heavy (non-hydrogen) atoms. The maximum atomic E-state index is 12.0. The van der Waals surface area contributed by atoms with Crippen LogP contribution in [-0.4, -0.2) is 18.0 Å². The molecule has 3 heteroatoms. The number of nitrogens with one attached hydrogen (secondary N) is 1. The van der Waals surface area contributed by atoms with E-state index in [-0.39, 0.29) is 5.91 Å². The Kier molecular flexibility index (Phi) is 4.78. The van der Waals surface area contributed by atoms with Crippen molar-refractivity contribution in [3.05, 3.63) is 0 Å². The predicted molar refractivity (Wildman–Crippen MR) is 67.0 cm³/mol. The van der Waals surface area contributed by atoms with Crippen LogP contribution >= 0.6 is 0 Å². The largest absolute Gasteiger partial charge is 0.354 e. The molecule has 0 bridgehead atoms. The van der Waals surface area contributed by atoms with Crippen molar-refractivity contribution < 1.29 is 4.79 Å². The lowest BCUT2D eigenvalue weighted by Crippen LogP contribution is -2.54. The lowest BCUT2D eigenvalue weighted by Gasteiger charge is -2.26. The lowest BCUT2D eigenvalue weighted by molar-refractivity contribution is -0.126. The third kappa shape index (κ3) is 2.97. The molecular weight excluding hydrogens is 200 g/mol. The van der Waals surface area contributed by atoms with Gasteiger partial charge in [-0.15, -0.1) is 0 Å². The number of amides is 1. The van der Waals surface area contributed by atoms with E-state index in [1.54, 1.807) is 0 Å². The zero-order valence-corrected chi connectivity index (χ0v) is 10.9. The van der Waals surface area contributed by atoms with Crippen molar-refractivity contribution in [3.8, 4) is 0 Å². The molecule has 0 saturated heterocycles. The van der Waals surface area contributed by atoms with Crippen LogP contribution in [-0.2, 0) is 4.79 Å². The molecule has 1 aliphatic rings. The molecule has 1 aliphatic carbocycles. The second-order valence-electron chi connectivity index (χ2n) is 5.24. The Morgan fingerprint density at radius 3 is 2.44 bits per heavy atom. The van der Waals surface area contributed by atoms with Gasteiger partial charge in [0.2, 0.25) is 5.91 Å². The fourth-order valence-electron chi connectivity index (χ4n) is 2.50. The van der Waals surface area contributed by atoms with Gasteiger partial charge in [0.05, 0.1) is 5.54 Å². The summed E-state index contributed by atoms with van der Waals surface area (Å²) in [4.78, 5) is 12.0. The van der Waals surface area contributed by atoms with Crippen LogP contribution in [0, 0.1) is 11.8 Å². The summed E-state index contributed by atoms with van der Waals surface area (Å²) in [6.07, 6.45) is 5.26. The molecule has 0 aromatic heterocycles. The minimum atomic E-state index is -0.665. The van der Waals surface area contributed by atoms with Crippen LogP contribution in [0.3, 0.4) is 0 Å². The summed E-state index contributed by atoms with van der Waals surface area (Å²) in [6.45, 7) is 7.03. The van der Waals surface area contributed by atoms with Crippen molar-refractivity contribution >= 4 is 5.91 Å². The predicted octanol–water partition coefficient (Wildman–Crippen LogP) is 2.06. The van der Waals surface area contributed by atoms with Crippen LogP contribution in [0.2, 0.25) is 0 Å². The average Bonchev–Trinajstić information content (AvgIpc) is 2.70. The fourth-order valence-corrected chi connectivity index (χ4v) is 2.50. The summed E-state index contributed by atoms with van der Waals surface area (Å²) < 4.78 is 0. The standard InChI is InChI=1S/C13H26N2O/c1-4-13(14,5-2)12(16)15-9-11-8-6-7-10(11)3/h10-11H,4-9,14H2,1-3H3,(H,15,16). The molecule has 0 aromatic rings. The van der Waals surface area contributed by atoms with Crippen LogP contribution in [0.25, 0.3) is 0 Å². The fraction of sp³-hybridized carbons (Fsp3) is 0.923. The number of carbonyl (C=O) groups excluding carboxylic acids is 1. The van der Waals surface area contributed by atoms with Crippen molar-refractivity contribution in [2.24, 2.45) is 17.6 Å². The van der Waals surface area contributed by atoms with E-state index in [2.05, 4.69) is 12.2 Å². The first kappa shape index (κ1) is 13.5. The molecule has 1 rings (SSSR count). The summed E-state index contributed by atoms with van der Waals surface area (Å²) in [7, 11) is 0. The lowest BCUT2D eigenvalue weighted by atomic mass is 9.92. The number of hydrogen-bond donors (Lipinski definition) is 2. The van der Waals surface area contributed by atoms with E-state index >= 15 is 0 Å². The van der Waals surface area contributed by atoms with Gasteiger partial charge in [-0.3, -0.25) is 4.79 Å². The smallest absolute Gasteiger partial charge is 0.240 e. The van der Waals surface area contributed by atoms with E-state index in [0.29, 0.717) is 18.8 Å². The van der Waals surface area contributed by atoms with Gasteiger partial charge in [0.25, 0.3) is 0 Å². The zero-order valence-electron chi connectivity index (χ0n) is 10.9. The van der Waals surface area contributed by atoms with E-state index < -0.39 is 5.54 Å².